The number of rotatable bonds is 7. The van der Waals surface area contributed by atoms with Crippen LogP contribution in [0.2, 0.25) is 0 Å². The van der Waals surface area contributed by atoms with Crippen LogP contribution in [-0.2, 0) is 24.4 Å². The predicted molar refractivity (Wildman–Crippen MR) is 132 cm³/mol. The molecule has 10 heteroatoms. The number of piperidine rings is 1. The van der Waals surface area contributed by atoms with Gasteiger partial charge in [0.25, 0.3) is 0 Å². The number of fused-ring (bicyclic) bond motifs is 1. The van der Waals surface area contributed by atoms with Crippen LogP contribution in [0.15, 0.2) is 24.7 Å². The fourth-order valence-corrected chi connectivity index (χ4v) is 5.04. The molecule has 3 aromatic rings. The molecule has 0 aliphatic carbocycles. The van der Waals surface area contributed by atoms with Gasteiger partial charge < -0.3 is 19.7 Å². The second-order valence-corrected chi connectivity index (χ2v) is 9.59. The summed E-state index contributed by atoms with van der Waals surface area (Å²) in [5.41, 5.74) is 3.94. The Bertz CT molecular complexity index is 1150. The highest BCUT2D eigenvalue weighted by atomic mass is 19.1. The van der Waals surface area contributed by atoms with E-state index >= 15 is 0 Å². The van der Waals surface area contributed by atoms with E-state index in [1.54, 1.807) is 16.9 Å². The molecule has 188 valence electrons. The molecule has 0 bridgehead atoms. The van der Waals surface area contributed by atoms with Gasteiger partial charge in [-0.3, -0.25) is 4.68 Å². The summed E-state index contributed by atoms with van der Waals surface area (Å²) in [5.74, 6) is 1.75. The van der Waals surface area contributed by atoms with Crippen LogP contribution in [0.3, 0.4) is 0 Å². The Hall–Kier alpha value is -2.98. The maximum Gasteiger partial charge on any atom is 0.219 e. The molecule has 5 heterocycles. The van der Waals surface area contributed by atoms with Crippen molar-refractivity contribution in [2.24, 2.45) is 5.92 Å². The van der Waals surface area contributed by atoms with Crippen LogP contribution in [-0.4, -0.2) is 69.0 Å². The number of pyridine rings is 1. The maximum absolute atomic E-state index is 13.6. The summed E-state index contributed by atoms with van der Waals surface area (Å²) >= 11 is 0. The molecule has 2 aliphatic rings. The number of methoxy groups -OCH3 is 1. The normalized spacial score (nSPS) is 17.3. The van der Waals surface area contributed by atoms with Gasteiger partial charge in [-0.05, 0) is 51.8 Å². The highest BCUT2D eigenvalue weighted by molar-refractivity contribution is 5.70. The van der Waals surface area contributed by atoms with E-state index in [4.69, 9.17) is 14.6 Å². The van der Waals surface area contributed by atoms with E-state index in [0.29, 0.717) is 36.5 Å². The number of nitrogens with zero attached hydrogens (tertiary/aromatic N) is 6. The van der Waals surface area contributed by atoms with Crippen molar-refractivity contribution in [3.05, 3.63) is 35.8 Å². The van der Waals surface area contributed by atoms with Gasteiger partial charge >= 0.3 is 0 Å². The first-order chi connectivity index (χ1) is 17.1. The van der Waals surface area contributed by atoms with Crippen LogP contribution in [0.25, 0.3) is 16.9 Å². The number of nitrogens with one attached hydrogen (secondary N) is 1. The van der Waals surface area contributed by atoms with Gasteiger partial charge in [-0.25, -0.2) is 14.1 Å². The average Bonchev–Trinajstić information content (AvgIpc) is 3.40. The Morgan fingerprint density at radius 2 is 2.09 bits per heavy atom. The summed E-state index contributed by atoms with van der Waals surface area (Å²) in [5, 5.41) is 12.9. The number of anilines is 1. The Balaban J connectivity index is 1.42. The molecule has 1 N–H and O–H groups in total. The fraction of sp³-hybridized carbons (Fsp3) is 0.560. The Morgan fingerprint density at radius 1 is 1.26 bits per heavy atom. The lowest BCUT2D eigenvalue weighted by Crippen LogP contribution is -2.39. The third kappa shape index (κ3) is 4.90. The standard InChI is InChI=1S/C25H34FN7O2/c1-17(2)31-7-4-18(5-8-31)14-32-15-20(12-29-32)23-22-6-9-35-16-28-24(22)33(30-23)21-10-19(11-26)25(34-3)27-13-21/h10,12-13,15,17-18,28H,4-9,11,14,16H2,1-3H3. The van der Waals surface area contributed by atoms with Crippen LogP contribution < -0.4 is 10.1 Å². The SMILES string of the molecule is COc1ncc(-n2nc(-c3cnn(CC4CCN(C(C)C)CC4)c3)c3c2NCOCC3)cc1CF. The highest BCUT2D eigenvalue weighted by Gasteiger charge is 2.25. The smallest absolute Gasteiger partial charge is 0.219 e. The molecule has 0 spiro atoms. The zero-order valence-corrected chi connectivity index (χ0v) is 20.7. The van der Waals surface area contributed by atoms with Crippen LogP contribution in [0.5, 0.6) is 5.88 Å². The molecule has 5 rings (SSSR count). The van der Waals surface area contributed by atoms with Gasteiger partial charge in [0.15, 0.2) is 0 Å². The van der Waals surface area contributed by atoms with Crippen molar-refractivity contribution >= 4 is 5.82 Å². The van der Waals surface area contributed by atoms with E-state index in [0.717, 1.165) is 48.7 Å². The van der Waals surface area contributed by atoms with Crippen molar-refractivity contribution in [1.82, 2.24) is 29.4 Å². The summed E-state index contributed by atoms with van der Waals surface area (Å²) in [7, 11) is 1.49. The number of halogens is 1. The molecule has 1 saturated heterocycles. The maximum atomic E-state index is 13.6. The molecule has 0 atom stereocenters. The molecular formula is C25H34FN7O2. The van der Waals surface area contributed by atoms with Crippen molar-refractivity contribution < 1.29 is 13.9 Å². The molecule has 2 aliphatic heterocycles. The van der Waals surface area contributed by atoms with Gasteiger partial charge in [0.1, 0.15) is 24.9 Å². The monoisotopic (exact) mass is 483 g/mol. The molecule has 0 radical (unpaired) electrons. The van der Waals surface area contributed by atoms with Gasteiger partial charge in [0, 0.05) is 41.9 Å². The van der Waals surface area contributed by atoms with Crippen LogP contribution in [0.1, 0.15) is 37.8 Å². The van der Waals surface area contributed by atoms with E-state index in [1.807, 2.05) is 10.9 Å². The van der Waals surface area contributed by atoms with Gasteiger partial charge in [0.05, 0.1) is 31.8 Å². The Labute approximate surface area is 205 Å². The third-order valence-electron chi connectivity index (χ3n) is 7.05. The molecule has 3 aromatic heterocycles. The van der Waals surface area contributed by atoms with Gasteiger partial charge in [-0.1, -0.05) is 0 Å². The zero-order valence-electron chi connectivity index (χ0n) is 20.7. The first kappa shape index (κ1) is 23.7. The molecule has 9 nitrogen and oxygen atoms in total. The first-order valence-corrected chi connectivity index (χ1v) is 12.4. The lowest BCUT2D eigenvalue weighted by atomic mass is 9.96. The minimum atomic E-state index is -0.667. The third-order valence-corrected chi connectivity index (χ3v) is 7.05. The molecule has 1 fully saturated rings. The number of alkyl halides is 1. The summed E-state index contributed by atoms with van der Waals surface area (Å²) in [4.78, 5) is 6.83. The van der Waals surface area contributed by atoms with E-state index in [1.165, 1.54) is 20.0 Å². The molecule has 0 unspecified atom stereocenters. The molecule has 0 aromatic carbocycles. The Morgan fingerprint density at radius 3 is 2.83 bits per heavy atom. The zero-order chi connectivity index (χ0) is 24.4. The number of likely N-dealkylation sites (tertiary alicyclic amines) is 1. The second kappa shape index (κ2) is 10.3. The van der Waals surface area contributed by atoms with Crippen molar-refractivity contribution in [3.63, 3.8) is 0 Å². The van der Waals surface area contributed by atoms with Crippen LogP contribution in [0, 0.1) is 5.92 Å². The van der Waals surface area contributed by atoms with Crippen molar-refractivity contribution in [1.29, 1.82) is 0 Å². The van der Waals surface area contributed by atoms with Crippen molar-refractivity contribution in [2.75, 3.05) is 38.9 Å². The fourth-order valence-electron chi connectivity index (χ4n) is 5.04. The van der Waals surface area contributed by atoms with E-state index in [-0.39, 0.29) is 5.88 Å². The second-order valence-electron chi connectivity index (χ2n) is 9.59. The molecular weight excluding hydrogens is 449 g/mol. The van der Waals surface area contributed by atoms with Crippen molar-refractivity contribution in [2.45, 2.75) is 52.4 Å². The van der Waals surface area contributed by atoms with Gasteiger partial charge in [-0.15, -0.1) is 0 Å². The van der Waals surface area contributed by atoms with Gasteiger partial charge in [-0.2, -0.15) is 10.2 Å². The average molecular weight is 484 g/mol. The lowest BCUT2D eigenvalue weighted by Gasteiger charge is -2.34. The summed E-state index contributed by atoms with van der Waals surface area (Å²) in [6, 6.07) is 2.33. The number of hydrogen-bond donors (Lipinski definition) is 1. The molecule has 35 heavy (non-hydrogen) atoms. The highest BCUT2D eigenvalue weighted by Crippen LogP contribution is 2.33. The molecule has 0 amide bonds. The molecule has 0 saturated carbocycles. The minimum Gasteiger partial charge on any atom is -0.481 e. The van der Waals surface area contributed by atoms with E-state index in [9.17, 15) is 4.39 Å². The minimum absolute atomic E-state index is 0.284. The topological polar surface area (TPSA) is 82.3 Å². The predicted octanol–water partition coefficient (Wildman–Crippen LogP) is 3.67. The summed E-state index contributed by atoms with van der Waals surface area (Å²) < 4.78 is 28.3. The number of hydrogen-bond acceptors (Lipinski definition) is 7. The first-order valence-electron chi connectivity index (χ1n) is 12.4. The lowest BCUT2D eigenvalue weighted by molar-refractivity contribution is 0.140. The summed E-state index contributed by atoms with van der Waals surface area (Å²) in [6.45, 7) is 8.06. The number of ether oxygens (including phenoxy) is 2. The number of aromatic nitrogens is 5. The van der Waals surface area contributed by atoms with E-state index in [2.05, 4.69) is 40.3 Å². The van der Waals surface area contributed by atoms with E-state index < -0.39 is 6.67 Å². The quantitative estimate of drug-likeness (QED) is 0.549. The van der Waals surface area contributed by atoms with Gasteiger partial charge in [0.2, 0.25) is 5.88 Å². The van der Waals surface area contributed by atoms with Crippen LogP contribution in [0.4, 0.5) is 10.2 Å². The largest absolute Gasteiger partial charge is 0.481 e. The van der Waals surface area contributed by atoms with Crippen molar-refractivity contribution in [3.8, 4) is 22.8 Å². The summed E-state index contributed by atoms with van der Waals surface area (Å²) in [6.07, 6.45) is 8.74. The Kier molecular flexibility index (Phi) is 7.01. The van der Waals surface area contributed by atoms with Crippen LogP contribution >= 0.6 is 0 Å².